The Labute approximate surface area is 82.6 Å². The molecule has 2 rings (SSSR count). The number of nitrogens with two attached hydrogens (primary N) is 1. The molecule has 1 atom stereocenters. The van der Waals surface area contributed by atoms with E-state index in [-0.39, 0.29) is 0 Å². The third kappa shape index (κ3) is 1.64. The summed E-state index contributed by atoms with van der Waals surface area (Å²) in [7, 11) is 0. The first-order valence-corrected chi connectivity index (χ1v) is 4.76. The van der Waals surface area contributed by atoms with Gasteiger partial charge in [-0.25, -0.2) is 0 Å². The van der Waals surface area contributed by atoms with Crippen molar-refractivity contribution in [2.45, 2.75) is 12.5 Å². The van der Waals surface area contributed by atoms with Gasteiger partial charge in [-0.2, -0.15) is 0 Å². The van der Waals surface area contributed by atoms with E-state index in [4.69, 9.17) is 5.73 Å². The summed E-state index contributed by atoms with van der Waals surface area (Å²) < 4.78 is 0. The zero-order chi connectivity index (χ0) is 9.97. The molecule has 1 aromatic heterocycles. The highest BCUT2D eigenvalue weighted by atomic mass is 16.3. The fourth-order valence-corrected chi connectivity index (χ4v) is 1.60. The Morgan fingerprint density at radius 2 is 2.21 bits per heavy atom. The van der Waals surface area contributed by atoms with Crippen LogP contribution in [0.3, 0.4) is 0 Å². The van der Waals surface area contributed by atoms with Crippen LogP contribution in [0.4, 0.5) is 0 Å². The standard InChI is InChI=1S/C11H14N2O/c12-5-3-11(14)9-1-2-10-8(7-9)4-6-13-10/h1-2,4,6-7,11,13-14H,3,5,12H2. The van der Waals surface area contributed by atoms with Gasteiger partial charge in [0.2, 0.25) is 0 Å². The van der Waals surface area contributed by atoms with E-state index in [1.807, 2.05) is 30.5 Å². The van der Waals surface area contributed by atoms with E-state index in [0.717, 1.165) is 16.5 Å². The number of aliphatic hydroxyl groups is 1. The van der Waals surface area contributed by atoms with Crippen molar-refractivity contribution >= 4 is 10.9 Å². The van der Waals surface area contributed by atoms with Crippen LogP contribution in [0.2, 0.25) is 0 Å². The predicted molar refractivity (Wildman–Crippen MR) is 56.9 cm³/mol. The molecule has 0 aliphatic carbocycles. The number of nitrogens with one attached hydrogen (secondary N) is 1. The van der Waals surface area contributed by atoms with Crippen molar-refractivity contribution in [3.63, 3.8) is 0 Å². The van der Waals surface area contributed by atoms with Gasteiger partial charge in [-0.05, 0) is 42.1 Å². The third-order valence-electron chi connectivity index (χ3n) is 2.40. The largest absolute Gasteiger partial charge is 0.388 e. The van der Waals surface area contributed by atoms with Crippen LogP contribution in [0.5, 0.6) is 0 Å². The summed E-state index contributed by atoms with van der Waals surface area (Å²) in [6.45, 7) is 0.506. The zero-order valence-electron chi connectivity index (χ0n) is 7.90. The number of hydrogen-bond acceptors (Lipinski definition) is 2. The second-order valence-electron chi connectivity index (χ2n) is 3.42. The summed E-state index contributed by atoms with van der Waals surface area (Å²) in [6.07, 6.45) is 2.05. The second-order valence-corrected chi connectivity index (χ2v) is 3.42. The molecule has 2 aromatic rings. The number of H-pyrrole nitrogens is 1. The number of rotatable bonds is 3. The molecule has 4 N–H and O–H groups in total. The van der Waals surface area contributed by atoms with Crippen molar-refractivity contribution in [2.24, 2.45) is 5.73 Å². The van der Waals surface area contributed by atoms with E-state index in [0.29, 0.717) is 13.0 Å². The van der Waals surface area contributed by atoms with Crippen molar-refractivity contribution in [3.05, 3.63) is 36.0 Å². The number of benzene rings is 1. The first-order chi connectivity index (χ1) is 6.81. The van der Waals surface area contributed by atoms with Gasteiger partial charge in [0.1, 0.15) is 0 Å². The molecule has 0 bridgehead atoms. The highest BCUT2D eigenvalue weighted by molar-refractivity contribution is 5.79. The van der Waals surface area contributed by atoms with E-state index in [9.17, 15) is 5.11 Å². The maximum atomic E-state index is 9.73. The monoisotopic (exact) mass is 190 g/mol. The van der Waals surface area contributed by atoms with Crippen molar-refractivity contribution < 1.29 is 5.11 Å². The summed E-state index contributed by atoms with van der Waals surface area (Å²) in [5.41, 5.74) is 7.42. The quantitative estimate of drug-likeness (QED) is 0.687. The van der Waals surface area contributed by atoms with Gasteiger partial charge < -0.3 is 15.8 Å². The van der Waals surface area contributed by atoms with Crippen LogP contribution in [-0.4, -0.2) is 16.6 Å². The molecule has 74 valence electrons. The SMILES string of the molecule is NCCC(O)c1ccc2[nH]ccc2c1. The van der Waals surface area contributed by atoms with Crippen LogP contribution in [0.1, 0.15) is 18.1 Å². The molecule has 1 aromatic carbocycles. The van der Waals surface area contributed by atoms with E-state index in [1.165, 1.54) is 0 Å². The molecule has 3 heteroatoms. The minimum atomic E-state index is -0.445. The average molecular weight is 190 g/mol. The Morgan fingerprint density at radius 3 is 3.00 bits per heavy atom. The number of aromatic nitrogens is 1. The van der Waals surface area contributed by atoms with Gasteiger partial charge in [0, 0.05) is 11.7 Å². The van der Waals surface area contributed by atoms with Crippen LogP contribution >= 0.6 is 0 Å². The molecule has 14 heavy (non-hydrogen) atoms. The van der Waals surface area contributed by atoms with E-state index in [1.54, 1.807) is 0 Å². The second kappa shape index (κ2) is 3.82. The van der Waals surface area contributed by atoms with E-state index < -0.39 is 6.10 Å². The van der Waals surface area contributed by atoms with Gasteiger partial charge >= 0.3 is 0 Å². The minimum absolute atomic E-state index is 0.445. The van der Waals surface area contributed by atoms with Crippen LogP contribution in [-0.2, 0) is 0 Å². The Morgan fingerprint density at radius 1 is 1.36 bits per heavy atom. The molecule has 0 amide bonds. The van der Waals surface area contributed by atoms with Gasteiger partial charge in [0.25, 0.3) is 0 Å². The minimum Gasteiger partial charge on any atom is -0.388 e. The predicted octanol–water partition coefficient (Wildman–Crippen LogP) is 1.55. The zero-order valence-corrected chi connectivity index (χ0v) is 7.90. The Balaban J connectivity index is 2.33. The summed E-state index contributed by atoms with van der Waals surface area (Å²) in [4.78, 5) is 3.11. The summed E-state index contributed by atoms with van der Waals surface area (Å²) in [5, 5.41) is 10.9. The Hall–Kier alpha value is -1.32. The molecule has 0 saturated heterocycles. The maximum Gasteiger partial charge on any atom is 0.0802 e. The molecule has 1 heterocycles. The molecule has 0 fully saturated rings. The Bertz CT molecular complexity index is 422. The number of hydrogen-bond donors (Lipinski definition) is 3. The third-order valence-corrected chi connectivity index (χ3v) is 2.40. The van der Waals surface area contributed by atoms with Gasteiger partial charge in [-0.1, -0.05) is 6.07 Å². The van der Waals surface area contributed by atoms with Crippen molar-refractivity contribution in [3.8, 4) is 0 Å². The lowest BCUT2D eigenvalue weighted by Gasteiger charge is -2.09. The van der Waals surface area contributed by atoms with Gasteiger partial charge in [-0.3, -0.25) is 0 Å². The smallest absolute Gasteiger partial charge is 0.0802 e. The maximum absolute atomic E-state index is 9.73. The lowest BCUT2D eigenvalue weighted by atomic mass is 10.1. The first-order valence-electron chi connectivity index (χ1n) is 4.76. The molecule has 1 unspecified atom stereocenters. The van der Waals surface area contributed by atoms with E-state index >= 15 is 0 Å². The van der Waals surface area contributed by atoms with Crippen molar-refractivity contribution in [1.82, 2.24) is 4.98 Å². The molecular weight excluding hydrogens is 176 g/mol. The van der Waals surface area contributed by atoms with Crippen molar-refractivity contribution in [1.29, 1.82) is 0 Å². The number of aromatic amines is 1. The fourth-order valence-electron chi connectivity index (χ4n) is 1.60. The highest BCUT2D eigenvalue weighted by Gasteiger charge is 2.06. The highest BCUT2D eigenvalue weighted by Crippen LogP contribution is 2.21. The number of aliphatic hydroxyl groups excluding tert-OH is 1. The molecule has 0 radical (unpaired) electrons. The van der Waals surface area contributed by atoms with Gasteiger partial charge in [0.05, 0.1) is 6.10 Å². The molecule has 0 aliphatic heterocycles. The van der Waals surface area contributed by atoms with Gasteiger partial charge in [-0.15, -0.1) is 0 Å². The lowest BCUT2D eigenvalue weighted by molar-refractivity contribution is 0.170. The molecule has 0 aliphatic rings. The summed E-state index contributed by atoms with van der Waals surface area (Å²) in [6, 6.07) is 7.89. The van der Waals surface area contributed by atoms with E-state index in [2.05, 4.69) is 4.98 Å². The number of fused-ring (bicyclic) bond motifs is 1. The lowest BCUT2D eigenvalue weighted by Crippen LogP contribution is -2.06. The van der Waals surface area contributed by atoms with Crippen LogP contribution in [0, 0.1) is 0 Å². The topological polar surface area (TPSA) is 62.0 Å². The summed E-state index contributed by atoms with van der Waals surface area (Å²) >= 11 is 0. The average Bonchev–Trinajstić information content (AvgIpc) is 2.64. The molecule has 0 spiro atoms. The normalized spacial score (nSPS) is 13.3. The van der Waals surface area contributed by atoms with Crippen LogP contribution in [0.25, 0.3) is 10.9 Å². The van der Waals surface area contributed by atoms with Gasteiger partial charge in [0.15, 0.2) is 0 Å². The fraction of sp³-hybridized carbons (Fsp3) is 0.273. The Kier molecular flexibility index (Phi) is 2.52. The van der Waals surface area contributed by atoms with Crippen LogP contribution in [0.15, 0.2) is 30.5 Å². The summed E-state index contributed by atoms with van der Waals surface area (Å²) in [5.74, 6) is 0. The molecular formula is C11H14N2O. The van der Waals surface area contributed by atoms with Crippen LogP contribution < -0.4 is 5.73 Å². The first kappa shape index (κ1) is 9.24. The molecule has 0 saturated carbocycles. The van der Waals surface area contributed by atoms with Crippen molar-refractivity contribution in [2.75, 3.05) is 6.54 Å². The molecule has 3 nitrogen and oxygen atoms in total.